The van der Waals surface area contributed by atoms with Crippen LogP contribution in [0.2, 0.25) is 0 Å². The normalized spacial score (nSPS) is 22.5. The monoisotopic (exact) mass is 272 g/mol. The van der Waals surface area contributed by atoms with Gasteiger partial charge in [0.2, 0.25) is 0 Å². The molecule has 0 spiro atoms. The molecule has 1 aromatic carbocycles. The van der Waals surface area contributed by atoms with Crippen LogP contribution in [0.3, 0.4) is 0 Å². The largest absolute Gasteiger partial charge is 0.478 e. The second-order valence-corrected chi connectivity index (χ2v) is 5.61. The summed E-state index contributed by atoms with van der Waals surface area (Å²) in [5, 5.41) is 9.44. The van der Waals surface area contributed by atoms with Gasteiger partial charge in [-0.1, -0.05) is 6.07 Å². The first-order valence-corrected chi connectivity index (χ1v) is 7.07. The van der Waals surface area contributed by atoms with Gasteiger partial charge in [-0.05, 0) is 31.4 Å². The van der Waals surface area contributed by atoms with Crippen molar-refractivity contribution >= 4 is 17.0 Å². The number of hydrogen-bond acceptors (Lipinski definition) is 3. The van der Waals surface area contributed by atoms with E-state index in [2.05, 4.69) is 4.57 Å². The molecule has 5 nitrogen and oxygen atoms in total. The molecule has 20 heavy (non-hydrogen) atoms. The first kappa shape index (κ1) is 11.9. The van der Waals surface area contributed by atoms with Gasteiger partial charge in [-0.25, -0.2) is 9.78 Å². The lowest BCUT2D eigenvalue weighted by atomic mass is 10.1. The summed E-state index contributed by atoms with van der Waals surface area (Å²) < 4.78 is 7.63. The lowest BCUT2D eigenvalue weighted by Crippen LogP contribution is -2.13. The van der Waals surface area contributed by atoms with Crippen molar-refractivity contribution in [1.82, 2.24) is 9.55 Å². The fraction of sp³-hybridized carbons (Fsp3) is 0.467. The van der Waals surface area contributed by atoms with Gasteiger partial charge in [-0.15, -0.1) is 0 Å². The Balaban J connectivity index is 1.99. The summed E-state index contributed by atoms with van der Waals surface area (Å²) in [4.78, 5) is 16.2. The highest BCUT2D eigenvalue weighted by Gasteiger charge is 2.34. The molecule has 1 saturated carbocycles. The predicted molar refractivity (Wildman–Crippen MR) is 73.1 cm³/mol. The van der Waals surface area contributed by atoms with Crippen LogP contribution in [0, 0.1) is 0 Å². The number of para-hydroxylation sites is 1. The number of rotatable bonds is 3. The van der Waals surface area contributed by atoms with Gasteiger partial charge in [0, 0.05) is 12.5 Å². The van der Waals surface area contributed by atoms with Gasteiger partial charge in [0.1, 0.15) is 5.82 Å². The highest BCUT2D eigenvalue weighted by atomic mass is 16.5. The molecule has 2 fully saturated rings. The molecule has 0 amide bonds. The third-order valence-corrected chi connectivity index (χ3v) is 4.18. The minimum absolute atomic E-state index is 0.219. The number of aromatic carboxylic acids is 1. The fourth-order valence-electron chi connectivity index (χ4n) is 3.06. The smallest absolute Gasteiger partial charge is 0.337 e. The second-order valence-electron chi connectivity index (χ2n) is 5.61. The summed E-state index contributed by atoms with van der Waals surface area (Å²) >= 11 is 0. The summed E-state index contributed by atoms with van der Waals surface area (Å²) in [5.74, 6) is 0.645. The topological polar surface area (TPSA) is 64.3 Å². The summed E-state index contributed by atoms with van der Waals surface area (Å²) in [6.07, 6.45) is 3.23. The molecule has 4 rings (SSSR count). The second kappa shape index (κ2) is 4.31. The third-order valence-electron chi connectivity index (χ3n) is 4.18. The highest BCUT2D eigenvalue weighted by molar-refractivity contribution is 6.01. The van der Waals surface area contributed by atoms with Crippen LogP contribution in [-0.2, 0) is 4.74 Å². The van der Waals surface area contributed by atoms with Gasteiger partial charge >= 0.3 is 5.97 Å². The van der Waals surface area contributed by atoms with E-state index in [-0.39, 0.29) is 6.04 Å². The molecule has 0 radical (unpaired) electrons. The van der Waals surface area contributed by atoms with E-state index in [0.717, 1.165) is 42.7 Å². The Kier molecular flexibility index (Phi) is 2.57. The Hall–Kier alpha value is -1.88. The molecule has 1 atom stereocenters. The quantitative estimate of drug-likeness (QED) is 0.932. The molecule has 2 aliphatic rings. The molecule has 0 bridgehead atoms. The van der Waals surface area contributed by atoms with Gasteiger partial charge in [0.05, 0.1) is 29.2 Å². The van der Waals surface area contributed by atoms with Gasteiger partial charge < -0.3 is 14.4 Å². The molecule has 1 N–H and O–H groups in total. The van der Waals surface area contributed by atoms with Gasteiger partial charge in [0.15, 0.2) is 0 Å². The minimum Gasteiger partial charge on any atom is -0.478 e. The number of fused-ring (bicyclic) bond motifs is 1. The number of benzene rings is 1. The molecular formula is C15H16N2O3. The van der Waals surface area contributed by atoms with Crippen molar-refractivity contribution in [2.24, 2.45) is 0 Å². The zero-order valence-corrected chi connectivity index (χ0v) is 11.1. The summed E-state index contributed by atoms with van der Waals surface area (Å²) in [6.45, 7) is 1.39. The van der Waals surface area contributed by atoms with Crippen molar-refractivity contribution < 1.29 is 14.6 Å². The molecule has 2 heterocycles. The van der Waals surface area contributed by atoms with Crippen LogP contribution in [0.15, 0.2) is 18.2 Å². The van der Waals surface area contributed by atoms with Crippen LogP contribution in [0.1, 0.15) is 47.4 Å². The SMILES string of the molecule is O=C(O)c1cccc2nc(C3CC3)n(C3CCOC3)c12. The van der Waals surface area contributed by atoms with E-state index < -0.39 is 5.97 Å². The highest BCUT2D eigenvalue weighted by Crippen LogP contribution is 2.43. The maximum atomic E-state index is 11.5. The maximum Gasteiger partial charge on any atom is 0.337 e. The summed E-state index contributed by atoms with van der Waals surface area (Å²) in [6, 6.07) is 5.55. The van der Waals surface area contributed by atoms with Crippen molar-refractivity contribution in [2.75, 3.05) is 13.2 Å². The van der Waals surface area contributed by atoms with E-state index in [1.807, 2.05) is 6.07 Å². The number of hydrogen-bond donors (Lipinski definition) is 1. The number of imidazole rings is 1. The van der Waals surface area contributed by atoms with Gasteiger partial charge in [-0.3, -0.25) is 0 Å². The molecule has 2 aromatic rings. The lowest BCUT2D eigenvalue weighted by molar-refractivity contribution is 0.0698. The van der Waals surface area contributed by atoms with E-state index >= 15 is 0 Å². The van der Waals surface area contributed by atoms with E-state index in [1.165, 1.54) is 0 Å². The van der Waals surface area contributed by atoms with Crippen LogP contribution in [-0.4, -0.2) is 33.8 Å². The molecule has 104 valence electrons. The first-order valence-electron chi connectivity index (χ1n) is 7.07. The number of ether oxygens (including phenoxy) is 1. The van der Waals surface area contributed by atoms with Crippen LogP contribution < -0.4 is 0 Å². The predicted octanol–water partition coefficient (Wildman–Crippen LogP) is 2.57. The van der Waals surface area contributed by atoms with E-state index in [9.17, 15) is 9.90 Å². The fourth-order valence-corrected chi connectivity index (χ4v) is 3.06. The Morgan fingerprint density at radius 3 is 2.85 bits per heavy atom. The summed E-state index contributed by atoms with van der Waals surface area (Å²) in [5.41, 5.74) is 1.89. The van der Waals surface area contributed by atoms with Crippen molar-refractivity contribution in [2.45, 2.75) is 31.2 Å². The Labute approximate surface area is 116 Å². The van der Waals surface area contributed by atoms with E-state index in [0.29, 0.717) is 18.1 Å². The average Bonchev–Trinajstić information content (AvgIpc) is 3.00. The minimum atomic E-state index is -0.891. The molecule has 1 unspecified atom stereocenters. The Morgan fingerprint density at radius 2 is 2.20 bits per heavy atom. The molecule has 1 aliphatic carbocycles. The standard InChI is InChI=1S/C15H16N2O3/c18-15(19)11-2-1-3-12-13(11)17(10-6-7-20-8-10)14(16-12)9-4-5-9/h1-3,9-10H,4-8H2,(H,18,19). The van der Waals surface area contributed by atoms with Crippen LogP contribution >= 0.6 is 0 Å². The molecule has 1 aromatic heterocycles. The number of carboxylic acids is 1. The zero-order valence-electron chi connectivity index (χ0n) is 11.1. The Morgan fingerprint density at radius 1 is 1.35 bits per heavy atom. The number of nitrogens with zero attached hydrogens (tertiary/aromatic N) is 2. The maximum absolute atomic E-state index is 11.5. The van der Waals surface area contributed by atoms with Crippen LogP contribution in [0.5, 0.6) is 0 Å². The van der Waals surface area contributed by atoms with Gasteiger partial charge in [0.25, 0.3) is 0 Å². The zero-order chi connectivity index (χ0) is 13.7. The van der Waals surface area contributed by atoms with Gasteiger partial charge in [-0.2, -0.15) is 0 Å². The van der Waals surface area contributed by atoms with Crippen molar-refractivity contribution in [1.29, 1.82) is 0 Å². The molecule has 5 heteroatoms. The average molecular weight is 272 g/mol. The summed E-state index contributed by atoms with van der Waals surface area (Å²) in [7, 11) is 0. The number of carbonyl (C=O) groups is 1. The number of aromatic nitrogens is 2. The van der Waals surface area contributed by atoms with Crippen molar-refractivity contribution in [3.05, 3.63) is 29.6 Å². The molecule has 1 saturated heterocycles. The van der Waals surface area contributed by atoms with Crippen LogP contribution in [0.25, 0.3) is 11.0 Å². The third kappa shape index (κ3) is 1.73. The van der Waals surface area contributed by atoms with Crippen LogP contribution in [0.4, 0.5) is 0 Å². The lowest BCUT2D eigenvalue weighted by Gasteiger charge is -2.15. The van der Waals surface area contributed by atoms with E-state index in [4.69, 9.17) is 9.72 Å². The molecule has 1 aliphatic heterocycles. The van der Waals surface area contributed by atoms with E-state index in [1.54, 1.807) is 12.1 Å². The number of carboxylic acid groups (broad SMARTS) is 1. The molecular weight excluding hydrogens is 256 g/mol. The Bertz CT molecular complexity index is 682. The van der Waals surface area contributed by atoms with Crippen molar-refractivity contribution in [3.8, 4) is 0 Å². The van der Waals surface area contributed by atoms with Crippen molar-refractivity contribution in [3.63, 3.8) is 0 Å². The first-order chi connectivity index (χ1) is 9.75.